The molecule has 3 aliphatic rings. The summed E-state index contributed by atoms with van der Waals surface area (Å²) in [5, 5.41) is 16.1. The number of fused-ring (bicyclic) bond motifs is 1. The minimum absolute atomic E-state index is 0.172. The van der Waals surface area contributed by atoms with Crippen LogP contribution in [0.25, 0.3) is 0 Å². The lowest BCUT2D eigenvalue weighted by molar-refractivity contribution is -0.137. The Kier molecular flexibility index (Phi) is 8.48. The summed E-state index contributed by atoms with van der Waals surface area (Å²) in [5.41, 5.74) is 0.700. The van der Waals surface area contributed by atoms with E-state index in [2.05, 4.69) is 31.5 Å². The van der Waals surface area contributed by atoms with E-state index in [-0.39, 0.29) is 12.1 Å². The van der Waals surface area contributed by atoms with E-state index in [1.54, 1.807) is 12.2 Å². The maximum Gasteiger partial charge on any atom is 0.416 e. The Hall–Kier alpha value is -3.22. The van der Waals surface area contributed by atoms with Gasteiger partial charge in [0.05, 0.1) is 17.2 Å². The van der Waals surface area contributed by atoms with Crippen molar-refractivity contribution in [2.24, 2.45) is 0 Å². The molecule has 0 radical (unpaired) electrons. The summed E-state index contributed by atoms with van der Waals surface area (Å²) in [4.78, 5) is 2.05. The molecule has 6 nitrogen and oxygen atoms in total. The second-order valence-corrected chi connectivity index (χ2v) is 10.0. The number of nitrogens with zero attached hydrogens (tertiary/aromatic N) is 1. The van der Waals surface area contributed by atoms with E-state index in [9.17, 15) is 26.3 Å². The zero-order valence-electron chi connectivity index (χ0n) is 21.7. The fourth-order valence-electron chi connectivity index (χ4n) is 4.76. The molecule has 0 bridgehead atoms. The van der Waals surface area contributed by atoms with Crippen LogP contribution in [0.1, 0.15) is 12.5 Å². The molecule has 3 aliphatic heterocycles. The smallest absolute Gasteiger partial charge is 0.379 e. The molecule has 4 unspecified atom stereocenters. The first-order valence-electron chi connectivity index (χ1n) is 12.5. The van der Waals surface area contributed by atoms with E-state index in [1.165, 1.54) is 24.4 Å². The fraction of sp³-hybridized carbons (Fsp3) is 0.407. The Balaban J connectivity index is 1.59. The molecule has 0 saturated heterocycles. The number of hydrogen-bond donors (Lipinski definition) is 5. The van der Waals surface area contributed by atoms with Crippen molar-refractivity contribution in [3.63, 3.8) is 0 Å². The number of nitrogens with one attached hydrogen (secondary N) is 5. The van der Waals surface area contributed by atoms with Crippen molar-refractivity contribution < 1.29 is 26.3 Å². The van der Waals surface area contributed by atoms with E-state index in [4.69, 9.17) is 0 Å². The molecule has 0 saturated carbocycles. The Morgan fingerprint density at radius 3 is 2.33 bits per heavy atom. The van der Waals surface area contributed by atoms with E-state index < -0.39 is 35.7 Å². The van der Waals surface area contributed by atoms with Crippen LogP contribution in [0.5, 0.6) is 0 Å². The number of allylic oxidation sites excluding steroid dienone is 4. The average Bonchev–Trinajstić information content (AvgIpc) is 2.86. The van der Waals surface area contributed by atoms with Crippen molar-refractivity contribution in [3.05, 3.63) is 88.9 Å². The third-order valence-corrected chi connectivity index (χ3v) is 6.52. The van der Waals surface area contributed by atoms with Crippen molar-refractivity contribution >= 4 is 5.69 Å². The van der Waals surface area contributed by atoms with Crippen LogP contribution in [-0.4, -0.2) is 62.6 Å². The normalized spacial score (nSPS) is 24.0. The second-order valence-electron chi connectivity index (χ2n) is 10.0. The topological polar surface area (TPSA) is 63.4 Å². The highest BCUT2D eigenvalue weighted by molar-refractivity contribution is 5.58. The number of alkyl halides is 6. The molecule has 0 fully saturated rings. The van der Waals surface area contributed by atoms with E-state index >= 15 is 0 Å². The lowest BCUT2D eigenvalue weighted by atomic mass is 9.93. The third-order valence-electron chi connectivity index (χ3n) is 6.52. The highest BCUT2D eigenvalue weighted by Gasteiger charge is 2.42. The first kappa shape index (κ1) is 28.8. The average molecular weight is 555 g/mol. The fourth-order valence-corrected chi connectivity index (χ4v) is 4.76. The lowest BCUT2D eigenvalue weighted by Gasteiger charge is -2.39. The van der Waals surface area contributed by atoms with Crippen molar-refractivity contribution in [1.29, 1.82) is 0 Å². The maximum atomic E-state index is 13.7. The summed E-state index contributed by atoms with van der Waals surface area (Å²) in [5.74, 6) is 0. The summed E-state index contributed by atoms with van der Waals surface area (Å²) < 4.78 is 80.1. The Labute approximate surface area is 223 Å². The molecule has 12 heteroatoms. The van der Waals surface area contributed by atoms with Crippen molar-refractivity contribution in [1.82, 2.24) is 26.2 Å². The van der Waals surface area contributed by atoms with Crippen LogP contribution in [-0.2, 0) is 6.18 Å². The molecule has 0 amide bonds. The highest BCUT2D eigenvalue weighted by atomic mass is 19.4. The monoisotopic (exact) mass is 554 g/mol. The molecule has 212 valence electrons. The number of rotatable bonds is 8. The third kappa shape index (κ3) is 7.25. The number of likely N-dealkylation sites (N-methyl/N-ethyl adjacent to an activating group) is 1. The molecule has 0 aromatic heterocycles. The van der Waals surface area contributed by atoms with Crippen LogP contribution in [0.2, 0.25) is 0 Å². The van der Waals surface area contributed by atoms with E-state index in [0.29, 0.717) is 23.6 Å². The van der Waals surface area contributed by atoms with Gasteiger partial charge in [-0.05, 0) is 69.7 Å². The van der Waals surface area contributed by atoms with Crippen LogP contribution in [0.4, 0.5) is 32.0 Å². The second kappa shape index (κ2) is 11.5. The molecule has 39 heavy (non-hydrogen) atoms. The van der Waals surface area contributed by atoms with Crippen LogP contribution >= 0.6 is 0 Å². The first-order valence-corrected chi connectivity index (χ1v) is 12.5. The molecular weight excluding hydrogens is 522 g/mol. The standard InChI is InChI=1S/C27H32F6N6/c1-16(15-39(2)3)35-14-19-13-23(36-18-8-6-17(7-9-18)26(28,29)30)20-10-11-22(38-25(20)37-19)24-21(27(31,32)33)5-4-12-34-24/h4-13,16,19,24-25,34-38H,14-15H2,1-3H3. The van der Waals surface area contributed by atoms with Crippen molar-refractivity contribution in [2.75, 3.05) is 32.5 Å². The molecule has 4 rings (SSSR count). The molecule has 4 atom stereocenters. The van der Waals surface area contributed by atoms with Gasteiger partial charge in [-0.25, -0.2) is 0 Å². The minimum Gasteiger partial charge on any atom is -0.379 e. The number of benzene rings is 1. The van der Waals surface area contributed by atoms with Gasteiger partial charge in [0.15, 0.2) is 0 Å². The zero-order valence-corrected chi connectivity index (χ0v) is 21.7. The zero-order chi connectivity index (χ0) is 28.4. The number of halogens is 6. The Morgan fingerprint density at radius 2 is 1.69 bits per heavy atom. The Bertz CT molecular complexity index is 1180. The number of hydrogen-bond acceptors (Lipinski definition) is 6. The largest absolute Gasteiger partial charge is 0.416 e. The van der Waals surface area contributed by atoms with Crippen LogP contribution in [0.3, 0.4) is 0 Å². The SMILES string of the molecule is CC(CN(C)C)NCC1C=C(Nc2ccc(C(F)(F)F)cc2)C2=CC=C(C3NC=CC=C3C(F)(F)F)NC2N1. The quantitative estimate of drug-likeness (QED) is 0.310. The molecule has 0 spiro atoms. The predicted molar refractivity (Wildman–Crippen MR) is 139 cm³/mol. The summed E-state index contributed by atoms with van der Waals surface area (Å²) in [6.45, 7) is 3.38. The van der Waals surface area contributed by atoms with Crippen LogP contribution < -0.4 is 26.6 Å². The van der Waals surface area contributed by atoms with Gasteiger partial charge in [0, 0.05) is 47.8 Å². The summed E-state index contributed by atoms with van der Waals surface area (Å²) >= 11 is 0. The molecular formula is C27H32F6N6. The molecule has 5 N–H and O–H groups in total. The first-order chi connectivity index (χ1) is 18.3. The molecule has 1 aromatic rings. The van der Waals surface area contributed by atoms with Gasteiger partial charge in [-0.1, -0.05) is 12.2 Å². The number of dihydropyridines is 2. The van der Waals surface area contributed by atoms with Crippen molar-refractivity contribution in [2.45, 2.75) is 43.6 Å². The van der Waals surface area contributed by atoms with Gasteiger partial charge in [0.2, 0.25) is 0 Å². The van der Waals surface area contributed by atoms with Gasteiger partial charge in [-0.3, -0.25) is 5.32 Å². The van der Waals surface area contributed by atoms with Crippen LogP contribution in [0.15, 0.2) is 83.4 Å². The van der Waals surface area contributed by atoms with Gasteiger partial charge in [0.1, 0.15) is 6.17 Å². The maximum absolute atomic E-state index is 13.7. The summed E-state index contributed by atoms with van der Waals surface area (Å²) in [6, 6.07) is 3.55. The highest BCUT2D eigenvalue weighted by Crippen LogP contribution is 2.34. The predicted octanol–water partition coefficient (Wildman–Crippen LogP) is 4.23. The number of anilines is 1. The van der Waals surface area contributed by atoms with Crippen molar-refractivity contribution in [3.8, 4) is 0 Å². The Morgan fingerprint density at radius 1 is 0.974 bits per heavy atom. The minimum atomic E-state index is -4.51. The van der Waals surface area contributed by atoms with Crippen LogP contribution in [0, 0.1) is 0 Å². The summed E-state index contributed by atoms with van der Waals surface area (Å²) in [7, 11) is 3.94. The van der Waals surface area contributed by atoms with Gasteiger partial charge in [-0.15, -0.1) is 0 Å². The van der Waals surface area contributed by atoms with Gasteiger partial charge in [0.25, 0.3) is 0 Å². The molecule has 3 heterocycles. The molecule has 1 aromatic carbocycles. The lowest BCUT2D eigenvalue weighted by Crippen LogP contribution is -2.57. The summed E-state index contributed by atoms with van der Waals surface area (Å²) in [6.07, 6.45) is -0.431. The van der Waals surface area contributed by atoms with Gasteiger partial charge in [-0.2, -0.15) is 26.3 Å². The van der Waals surface area contributed by atoms with Gasteiger partial charge < -0.3 is 26.2 Å². The molecule has 0 aliphatic carbocycles. The van der Waals surface area contributed by atoms with E-state index in [0.717, 1.165) is 30.3 Å². The van der Waals surface area contributed by atoms with Gasteiger partial charge >= 0.3 is 12.4 Å². The van der Waals surface area contributed by atoms with E-state index in [1.807, 2.05) is 27.1 Å².